The third kappa shape index (κ3) is 2.12. The van der Waals surface area contributed by atoms with Crippen LogP contribution in [0.5, 0.6) is 0 Å². The lowest BCUT2D eigenvalue weighted by Crippen LogP contribution is -2.36. The molecule has 1 heterocycles. The van der Waals surface area contributed by atoms with Gasteiger partial charge in [-0.3, -0.25) is 4.79 Å². The topological polar surface area (TPSA) is 41.1 Å². The summed E-state index contributed by atoms with van der Waals surface area (Å²) in [5.41, 5.74) is 0.704. The minimum absolute atomic E-state index is 0.00713. The SMILES string of the molecule is O=C(N[C@@H]1CCNC1)c1cc[c]cc1. The molecule has 73 valence electrons. The van der Waals surface area contributed by atoms with Gasteiger partial charge in [-0.1, -0.05) is 12.1 Å². The Kier molecular flexibility index (Phi) is 2.79. The molecule has 2 rings (SSSR count). The maximum absolute atomic E-state index is 11.6. The molecule has 1 radical (unpaired) electrons. The van der Waals surface area contributed by atoms with Gasteiger partial charge in [0.15, 0.2) is 0 Å². The molecule has 1 amide bonds. The minimum Gasteiger partial charge on any atom is -0.348 e. The Morgan fingerprint density at radius 1 is 1.50 bits per heavy atom. The van der Waals surface area contributed by atoms with Gasteiger partial charge in [0.05, 0.1) is 0 Å². The largest absolute Gasteiger partial charge is 0.348 e. The van der Waals surface area contributed by atoms with Crippen molar-refractivity contribution < 1.29 is 4.79 Å². The number of carbonyl (C=O) groups is 1. The molecule has 0 saturated carbocycles. The minimum atomic E-state index is 0.00713. The molecule has 14 heavy (non-hydrogen) atoms. The van der Waals surface area contributed by atoms with Gasteiger partial charge in [0.2, 0.25) is 0 Å². The van der Waals surface area contributed by atoms with Crippen LogP contribution in [0, 0.1) is 6.07 Å². The van der Waals surface area contributed by atoms with Gasteiger partial charge in [0.1, 0.15) is 0 Å². The summed E-state index contributed by atoms with van der Waals surface area (Å²) in [4.78, 5) is 11.6. The average molecular weight is 189 g/mol. The summed E-state index contributed by atoms with van der Waals surface area (Å²) in [5.74, 6) is 0.00713. The van der Waals surface area contributed by atoms with Crippen molar-refractivity contribution in [2.75, 3.05) is 13.1 Å². The fraction of sp³-hybridized carbons (Fsp3) is 0.364. The molecular formula is C11H13N2O. The lowest BCUT2D eigenvalue weighted by Gasteiger charge is -2.10. The van der Waals surface area contributed by atoms with Crippen molar-refractivity contribution in [2.45, 2.75) is 12.5 Å². The predicted octanol–water partition coefficient (Wildman–Crippen LogP) is 0.578. The summed E-state index contributed by atoms with van der Waals surface area (Å²) in [6.07, 6.45) is 1.02. The lowest BCUT2D eigenvalue weighted by molar-refractivity contribution is 0.0940. The molecule has 3 heteroatoms. The van der Waals surface area contributed by atoms with Gasteiger partial charge in [-0.05, 0) is 31.2 Å². The van der Waals surface area contributed by atoms with Crippen LogP contribution in [-0.4, -0.2) is 25.0 Å². The number of amides is 1. The van der Waals surface area contributed by atoms with Crippen LogP contribution in [0.1, 0.15) is 16.8 Å². The van der Waals surface area contributed by atoms with E-state index in [1.54, 1.807) is 24.3 Å². The maximum Gasteiger partial charge on any atom is 0.251 e. The van der Waals surface area contributed by atoms with Crippen LogP contribution in [0.4, 0.5) is 0 Å². The zero-order valence-electron chi connectivity index (χ0n) is 7.92. The quantitative estimate of drug-likeness (QED) is 0.714. The Morgan fingerprint density at radius 2 is 2.29 bits per heavy atom. The average Bonchev–Trinajstić information content (AvgIpc) is 2.72. The van der Waals surface area contributed by atoms with Crippen LogP contribution >= 0.6 is 0 Å². The van der Waals surface area contributed by atoms with Crippen molar-refractivity contribution >= 4 is 5.91 Å². The summed E-state index contributed by atoms with van der Waals surface area (Å²) < 4.78 is 0. The highest BCUT2D eigenvalue weighted by Gasteiger charge is 2.16. The molecule has 1 aliphatic rings. The first-order valence-electron chi connectivity index (χ1n) is 4.84. The van der Waals surface area contributed by atoms with Crippen LogP contribution in [0.25, 0.3) is 0 Å². The van der Waals surface area contributed by atoms with Crippen molar-refractivity contribution in [3.05, 3.63) is 35.9 Å². The van der Waals surface area contributed by atoms with E-state index in [9.17, 15) is 4.79 Å². The smallest absolute Gasteiger partial charge is 0.251 e. The van der Waals surface area contributed by atoms with E-state index in [1.807, 2.05) is 0 Å². The normalized spacial score (nSPS) is 20.7. The van der Waals surface area contributed by atoms with E-state index < -0.39 is 0 Å². The highest BCUT2D eigenvalue weighted by molar-refractivity contribution is 5.94. The van der Waals surface area contributed by atoms with Crippen molar-refractivity contribution in [3.63, 3.8) is 0 Å². The number of nitrogens with one attached hydrogen (secondary N) is 2. The number of rotatable bonds is 2. The Balaban J connectivity index is 1.95. The van der Waals surface area contributed by atoms with E-state index in [0.717, 1.165) is 19.5 Å². The molecule has 1 atom stereocenters. The van der Waals surface area contributed by atoms with Gasteiger partial charge in [-0.25, -0.2) is 0 Å². The zero-order chi connectivity index (χ0) is 9.80. The third-order valence-electron chi connectivity index (χ3n) is 2.38. The molecule has 1 saturated heterocycles. The number of benzene rings is 1. The summed E-state index contributed by atoms with van der Waals surface area (Å²) >= 11 is 0. The maximum atomic E-state index is 11.6. The molecular weight excluding hydrogens is 176 g/mol. The lowest BCUT2D eigenvalue weighted by atomic mass is 10.2. The highest BCUT2D eigenvalue weighted by atomic mass is 16.1. The molecule has 0 unspecified atom stereocenters. The Labute approximate surface area is 83.5 Å². The molecule has 0 spiro atoms. The first kappa shape index (κ1) is 9.21. The molecule has 1 aromatic carbocycles. The Hall–Kier alpha value is -1.35. The van der Waals surface area contributed by atoms with Crippen molar-refractivity contribution in [1.82, 2.24) is 10.6 Å². The van der Waals surface area contributed by atoms with E-state index in [-0.39, 0.29) is 11.9 Å². The van der Waals surface area contributed by atoms with Gasteiger partial charge in [0.25, 0.3) is 5.91 Å². The summed E-state index contributed by atoms with van der Waals surface area (Å²) in [6, 6.07) is 10.2. The Morgan fingerprint density at radius 3 is 2.93 bits per heavy atom. The van der Waals surface area contributed by atoms with E-state index >= 15 is 0 Å². The molecule has 1 fully saturated rings. The monoisotopic (exact) mass is 189 g/mol. The number of carbonyl (C=O) groups excluding carboxylic acids is 1. The standard InChI is InChI=1S/C11H13N2O/c14-11(9-4-2-1-3-5-9)13-10-6-7-12-8-10/h2-5,10,12H,6-8H2,(H,13,14)/t10-/m1/s1. The van der Waals surface area contributed by atoms with E-state index in [2.05, 4.69) is 16.7 Å². The second-order valence-electron chi connectivity index (χ2n) is 3.45. The second-order valence-corrected chi connectivity index (χ2v) is 3.45. The molecule has 0 aromatic heterocycles. The fourth-order valence-corrected chi connectivity index (χ4v) is 1.58. The van der Waals surface area contributed by atoms with Gasteiger partial charge < -0.3 is 10.6 Å². The molecule has 1 aliphatic heterocycles. The van der Waals surface area contributed by atoms with Crippen LogP contribution in [0.3, 0.4) is 0 Å². The zero-order valence-corrected chi connectivity index (χ0v) is 7.92. The summed E-state index contributed by atoms with van der Waals surface area (Å²) in [5, 5.41) is 6.19. The van der Waals surface area contributed by atoms with Gasteiger partial charge in [0, 0.05) is 18.2 Å². The predicted molar refractivity (Wildman–Crippen MR) is 54.0 cm³/mol. The van der Waals surface area contributed by atoms with Gasteiger partial charge in [-0.2, -0.15) is 0 Å². The molecule has 0 bridgehead atoms. The van der Waals surface area contributed by atoms with E-state index in [1.165, 1.54) is 0 Å². The molecule has 2 N–H and O–H groups in total. The highest BCUT2D eigenvalue weighted by Crippen LogP contribution is 2.01. The van der Waals surface area contributed by atoms with Gasteiger partial charge in [-0.15, -0.1) is 0 Å². The van der Waals surface area contributed by atoms with Crippen LogP contribution in [0.2, 0.25) is 0 Å². The third-order valence-corrected chi connectivity index (χ3v) is 2.38. The van der Waals surface area contributed by atoms with Crippen LogP contribution in [0.15, 0.2) is 24.3 Å². The summed E-state index contributed by atoms with van der Waals surface area (Å²) in [7, 11) is 0. The number of hydrogen-bond acceptors (Lipinski definition) is 2. The van der Waals surface area contributed by atoms with E-state index in [4.69, 9.17) is 0 Å². The summed E-state index contributed by atoms with van der Waals surface area (Å²) in [6.45, 7) is 1.87. The van der Waals surface area contributed by atoms with Crippen LogP contribution < -0.4 is 10.6 Å². The fourth-order valence-electron chi connectivity index (χ4n) is 1.58. The first-order chi connectivity index (χ1) is 6.86. The van der Waals surface area contributed by atoms with Crippen molar-refractivity contribution in [3.8, 4) is 0 Å². The molecule has 1 aromatic rings. The van der Waals surface area contributed by atoms with Crippen molar-refractivity contribution in [1.29, 1.82) is 0 Å². The first-order valence-corrected chi connectivity index (χ1v) is 4.84. The molecule has 3 nitrogen and oxygen atoms in total. The number of hydrogen-bond donors (Lipinski definition) is 2. The van der Waals surface area contributed by atoms with E-state index in [0.29, 0.717) is 5.56 Å². The van der Waals surface area contributed by atoms with Gasteiger partial charge >= 0.3 is 0 Å². The van der Waals surface area contributed by atoms with Crippen molar-refractivity contribution in [2.24, 2.45) is 0 Å². The molecule has 0 aliphatic carbocycles. The second kappa shape index (κ2) is 4.24. The Bertz CT molecular complexity index is 304. The van der Waals surface area contributed by atoms with Crippen LogP contribution in [-0.2, 0) is 0 Å².